The summed E-state index contributed by atoms with van der Waals surface area (Å²) in [7, 11) is 1.71. The van der Waals surface area contributed by atoms with Crippen LogP contribution < -0.4 is 4.57 Å². The number of hydrogen-bond acceptors (Lipinski definition) is 1. The van der Waals surface area contributed by atoms with Crippen molar-refractivity contribution in [3.63, 3.8) is 0 Å². The van der Waals surface area contributed by atoms with Gasteiger partial charge in [0.25, 0.3) is 0 Å². The van der Waals surface area contributed by atoms with Crippen molar-refractivity contribution in [2.24, 2.45) is 12.5 Å². The molecule has 0 saturated carbocycles. The van der Waals surface area contributed by atoms with E-state index in [4.69, 9.17) is 17.8 Å². The molecule has 0 saturated heterocycles. The SMILES string of the molecule is [2H]c1c(C([2H])([2H])C(C)(C)C)c(C([2H])([2H])[2H])c(C)[n+](C)c1-c1c(C)cc(-c2ccccc2)c2c1oc1ccc([N+]#[C-])cc12. The minimum atomic E-state index is -2.64. The van der Waals surface area contributed by atoms with Crippen molar-refractivity contribution in [3.8, 4) is 22.4 Å². The van der Waals surface area contributed by atoms with Gasteiger partial charge < -0.3 is 4.42 Å². The second-order valence-corrected chi connectivity index (χ2v) is 10.3. The lowest BCUT2D eigenvalue weighted by atomic mass is 9.85. The molecule has 0 unspecified atom stereocenters. The van der Waals surface area contributed by atoms with E-state index in [9.17, 15) is 1.37 Å². The normalized spacial score (nSPS) is 15.0. The Morgan fingerprint density at radius 3 is 2.53 bits per heavy atom. The van der Waals surface area contributed by atoms with Crippen LogP contribution in [0.4, 0.5) is 5.69 Å². The van der Waals surface area contributed by atoms with Crippen molar-refractivity contribution in [1.29, 1.82) is 0 Å². The van der Waals surface area contributed by atoms with E-state index < -0.39 is 18.6 Å². The molecular weight excluding hydrogens is 440 g/mol. The number of aryl methyl sites for hydroxylation is 1. The highest BCUT2D eigenvalue weighted by molar-refractivity contribution is 6.17. The highest BCUT2D eigenvalue weighted by Gasteiger charge is 2.27. The Morgan fingerprint density at radius 1 is 1.11 bits per heavy atom. The molecule has 0 spiro atoms. The molecule has 0 aliphatic rings. The van der Waals surface area contributed by atoms with Gasteiger partial charge in [-0.1, -0.05) is 57.2 Å². The summed E-state index contributed by atoms with van der Waals surface area (Å²) >= 11 is 0. The molecule has 0 atom stereocenters. The Balaban J connectivity index is 2.02. The Morgan fingerprint density at radius 2 is 1.86 bits per heavy atom. The van der Waals surface area contributed by atoms with Crippen molar-refractivity contribution in [1.82, 2.24) is 0 Å². The topological polar surface area (TPSA) is 21.4 Å². The van der Waals surface area contributed by atoms with Crippen LogP contribution in [0.15, 0.2) is 65.1 Å². The van der Waals surface area contributed by atoms with Gasteiger partial charge in [0.15, 0.2) is 11.4 Å². The first-order valence-corrected chi connectivity index (χ1v) is 12.0. The van der Waals surface area contributed by atoms with Gasteiger partial charge >= 0.3 is 0 Å². The van der Waals surface area contributed by atoms with Gasteiger partial charge in [-0.25, -0.2) is 4.85 Å². The molecule has 0 fully saturated rings. The zero-order chi connectivity index (χ0) is 30.9. The smallest absolute Gasteiger partial charge is 0.216 e. The summed E-state index contributed by atoms with van der Waals surface area (Å²) in [5.74, 6) is 0. The van der Waals surface area contributed by atoms with Crippen molar-refractivity contribution in [2.45, 2.75) is 47.8 Å². The molecule has 5 aromatic rings. The van der Waals surface area contributed by atoms with Crippen LogP contribution in [0.1, 0.15) is 51.4 Å². The Bertz CT molecular complexity index is 1920. The summed E-state index contributed by atoms with van der Waals surface area (Å²) < 4.78 is 61.0. The molecule has 3 heteroatoms. The third-order valence-electron chi connectivity index (χ3n) is 6.57. The fourth-order valence-corrected chi connectivity index (χ4v) is 4.76. The minimum absolute atomic E-state index is 0.133. The number of pyridine rings is 1. The van der Waals surface area contributed by atoms with E-state index in [1.807, 2.05) is 43.3 Å². The molecule has 0 bridgehead atoms. The number of furan rings is 1. The molecule has 0 aliphatic heterocycles. The summed E-state index contributed by atoms with van der Waals surface area (Å²) in [5.41, 5.74) is 4.25. The lowest BCUT2D eigenvalue weighted by molar-refractivity contribution is -0.667. The van der Waals surface area contributed by atoms with Crippen molar-refractivity contribution in [3.05, 3.63) is 94.4 Å². The van der Waals surface area contributed by atoms with E-state index in [2.05, 4.69) is 4.85 Å². The van der Waals surface area contributed by atoms with Gasteiger partial charge in [0.1, 0.15) is 18.2 Å². The molecule has 3 nitrogen and oxygen atoms in total. The lowest BCUT2D eigenvalue weighted by Gasteiger charge is -2.21. The molecule has 180 valence electrons. The van der Waals surface area contributed by atoms with Crippen LogP contribution in [0.25, 0.3) is 49.2 Å². The monoisotopic (exact) mass is 479 g/mol. The second kappa shape index (κ2) is 8.64. The molecule has 2 aromatic heterocycles. The predicted octanol–water partition coefficient (Wildman–Crippen LogP) is 8.81. The molecule has 0 aliphatic carbocycles. The van der Waals surface area contributed by atoms with Crippen molar-refractivity contribution in [2.75, 3.05) is 0 Å². The third kappa shape index (κ3) is 3.97. The first-order valence-electron chi connectivity index (χ1n) is 15.0. The van der Waals surface area contributed by atoms with Crippen molar-refractivity contribution < 1.29 is 17.2 Å². The standard InChI is InChI=1S/C33H33N2O/c1-20-16-26(23-12-10-9-11-13-23)31-27-18-25(34-7)14-15-29(27)36-32(31)30(20)28-17-24(19-33(4,5)6)21(2)22(3)35(28)8/h9-18H,19H2,1-6,8H3/q+1/i2D3,17D,19D2. The van der Waals surface area contributed by atoms with E-state index in [1.54, 1.807) is 57.5 Å². The van der Waals surface area contributed by atoms with Crippen LogP contribution in [0.5, 0.6) is 0 Å². The minimum Gasteiger partial charge on any atom is -0.455 e. The highest BCUT2D eigenvalue weighted by atomic mass is 16.3. The van der Waals surface area contributed by atoms with Crippen LogP contribution in [-0.2, 0) is 13.4 Å². The number of fused-ring (bicyclic) bond motifs is 3. The molecule has 3 aromatic carbocycles. The van der Waals surface area contributed by atoms with Gasteiger partial charge in [0.2, 0.25) is 5.69 Å². The Labute approximate surface area is 222 Å². The predicted molar refractivity (Wildman–Crippen MR) is 149 cm³/mol. The zero-order valence-corrected chi connectivity index (χ0v) is 21.5. The fourth-order valence-electron chi connectivity index (χ4n) is 4.76. The first kappa shape index (κ1) is 17.5. The molecule has 0 N–H and O–H groups in total. The van der Waals surface area contributed by atoms with E-state index in [1.165, 1.54) is 0 Å². The molecule has 0 radical (unpaired) electrons. The number of hydrogen-bond donors (Lipinski definition) is 0. The van der Waals surface area contributed by atoms with Crippen LogP contribution in [-0.4, -0.2) is 0 Å². The Kier molecular flexibility index (Phi) is 4.21. The summed E-state index contributed by atoms with van der Waals surface area (Å²) in [4.78, 5) is 3.62. The largest absolute Gasteiger partial charge is 0.455 e. The summed E-state index contributed by atoms with van der Waals surface area (Å²) in [6, 6.07) is 17.0. The molecular formula is C33H33N2O+. The van der Waals surface area contributed by atoms with Crippen LogP contribution >= 0.6 is 0 Å². The Hall–Kier alpha value is -3.90. The van der Waals surface area contributed by atoms with Gasteiger partial charge in [-0.05, 0) is 66.0 Å². The fraction of sp³-hybridized carbons (Fsp3) is 0.273. The summed E-state index contributed by atoms with van der Waals surface area (Å²) in [6.45, 7) is 13.7. The number of benzene rings is 3. The van der Waals surface area contributed by atoms with Gasteiger partial charge in [-0.3, -0.25) is 0 Å². The van der Waals surface area contributed by atoms with E-state index in [-0.39, 0.29) is 17.2 Å². The maximum absolute atomic E-state index is 9.47. The highest BCUT2D eigenvalue weighted by Crippen LogP contribution is 2.44. The lowest BCUT2D eigenvalue weighted by Crippen LogP contribution is -2.36. The maximum Gasteiger partial charge on any atom is 0.216 e. The van der Waals surface area contributed by atoms with Crippen LogP contribution in [0.2, 0.25) is 0 Å². The van der Waals surface area contributed by atoms with Crippen molar-refractivity contribution >= 4 is 27.6 Å². The van der Waals surface area contributed by atoms with Crippen LogP contribution in [0.3, 0.4) is 0 Å². The number of aromatic nitrogens is 1. The van der Waals surface area contributed by atoms with E-state index in [0.717, 1.165) is 27.5 Å². The van der Waals surface area contributed by atoms with Gasteiger partial charge in [-0.2, -0.15) is 4.57 Å². The van der Waals surface area contributed by atoms with Gasteiger partial charge in [0, 0.05) is 36.2 Å². The number of rotatable bonds is 3. The average molecular weight is 480 g/mol. The first-order chi connectivity index (χ1) is 19.5. The van der Waals surface area contributed by atoms with E-state index >= 15 is 0 Å². The molecule has 0 amide bonds. The quantitative estimate of drug-likeness (QED) is 0.187. The molecule has 2 heterocycles. The third-order valence-corrected chi connectivity index (χ3v) is 6.57. The second-order valence-electron chi connectivity index (χ2n) is 10.3. The van der Waals surface area contributed by atoms with Crippen LogP contribution in [0, 0.1) is 32.7 Å². The zero-order valence-electron chi connectivity index (χ0n) is 27.5. The summed E-state index contributed by atoms with van der Waals surface area (Å²) in [5, 5.41) is 1.54. The van der Waals surface area contributed by atoms with Gasteiger partial charge in [0.05, 0.1) is 13.5 Å². The molecule has 36 heavy (non-hydrogen) atoms. The summed E-state index contributed by atoms with van der Waals surface area (Å²) in [6.07, 6.45) is -2.14. The van der Waals surface area contributed by atoms with Gasteiger partial charge in [-0.15, -0.1) is 0 Å². The maximum atomic E-state index is 9.47. The van der Waals surface area contributed by atoms with E-state index in [0.29, 0.717) is 33.8 Å². The molecule has 5 rings (SSSR count). The number of nitrogens with zero attached hydrogens (tertiary/aromatic N) is 2. The average Bonchev–Trinajstić information content (AvgIpc) is 3.28.